The summed E-state index contributed by atoms with van der Waals surface area (Å²) in [7, 11) is 0. The van der Waals surface area contributed by atoms with Crippen LogP contribution in [0.4, 0.5) is 17.1 Å². The maximum absolute atomic E-state index is 2.64. The smallest absolute Gasteiger partial charge is 0.0462 e. The van der Waals surface area contributed by atoms with Crippen LogP contribution in [0.15, 0.2) is 182 Å². The van der Waals surface area contributed by atoms with Gasteiger partial charge in [-0.3, -0.25) is 0 Å². The minimum atomic E-state index is -0.0777. The summed E-state index contributed by atoms with van der Waals surface area (Å²) >= 11 is 0. The van der Waals surface area contributed by atoms with Gasteiger partial charge in [0.05, 0.1) is 0 Å². The van der Waals surface area contributed by atoms with E-state index in [4.69, 9.17) is 0 Å². The average molecular weight is 960 g/mol. The number of fused-ring (bicyclic) bond motifs is 3. The van der Waals surface area contributed by atoms with Crippen molar-refractivity contribution in [2.75, 3.05) is 4.90 Å². The van der Waals surface area contributed by atoms with Crippen molar-refractivity contribution in [2.24, 2.45) is 11.8 Å². The molecule has 0 radical (unpaired) electrons. The van der Waals surface area contributed by atoms with Gasteiger partial charge in [0, 0.05) is 28.4 Å². The molecule has 0 fully saturated rings. The molecule has 9 rings (SSSR count). The highest BCUT2D eigenvalue weighted by Gasteiger charge is 2.43. The molecule has 0 N–H and O–H groups in total. The lowest BCUT2D eigenvalue weighted by molar-refractivity contribution is 0.305. The van der Waals surface area contributed by atoms with Crippen LogP contribution in [0, 0.1) is 39.5 Å². The van der Waals surface area contributed by atoms with Gasteiger partial charge in [0.15, 0.2) is 0 Å². The van der Waals surface area contributed by atoms with Crippen LogP contribution in [-0.2, 0) is 5.41 Å². The van der Waals surface area contributed by atoms with E-state index < -0.39 is 0 Å². The van der Waals surface area contributed by atoms with Gasteiger partial charge in [-0.05, 0) is 175 Å². The molecule has 73 heavy (non-hydrogen) atoms. The van der Waals surface area contributed by atoms with Crippen LogP contribution < -0.4 is 4.90 Å². The molecule has 0 spiro atoms. The van der Waals surface area contributed by atoms with Crippen LogP contribution >= 0.6 is 0 Å². The third-order valence-corrected chi connectivity index (χ3v) is 16.5. The molecule has 0 aromatic heterocycles. The number of aryl methyl sites for hydroxylation is 4. The van der Waals surface area contributed by atoms with Crippen molar-refractivity contribution < 1.29 is 0 Å². The molecular formula is C72H81N. The van der Waals surface area contributed by atoms with E-state index in [1.54, 1.807) is 11.1 Å². The van der Waals surface area contributed by atoms with E-state index in [-0.39, 0.29) is 11.3 Å². The molecule has 0 atom stereocenters. The first-order valence-corrected chi connectivity index (χ1v) is 28.2. The summed E-state index contributed by atoms with van der Waals surface area (Å²) in [4.78, 5) is 2.39. The van der Waals surface area contributed by atoms with E-state index in [2.05, 4.69) is 242 Å². The monoisotopic (exact) mass is 960 g/mol. The molecule has 374 valence electrons. The molecule has 0 aliphatic heterocycles. The van der Waals surface area contributed by atoms with Crippen LogP contribution in [0.5, 0.6) is 0 Å². The molecule has 1 aliphatic carbocycles. The summed E-state index contributed by atoms with van der Waals surface area (Å²) in [5, 5.41) is 0. The molecule has 0 unspecified atom stereocenters. The SMILES string of the molecule is CCCC(CCC)CCC1(CCC(CCC)CCC)c2cc(-c3ccc(C(c4ccc(C)cc4)c4ccc(C)cc4)cc3)ccc2-c2ccc(-c3ccc(N(c4ccc(C)cc4)c4ccc(C)cc4)cc3)cc21. The minimum absolute atomic E-state index is 0.0777. The summed E-state index contributed by atoms with van der Waals surface area (Å²) in [6.45, 7) is 18.2. The Morgan fingerprint density at radius 3 is 0.959 bits per heavy atom. The van der Waals surface area contributed by atoms with Crippen LogP contribution in [0.2, 0.25) is 0 Å². The predicted molar refractivity (Wildman–Crippen MR) is 316 cm³/mol. The number of rotatable bonds is 22. The Balaban J connectivity index is 1.13. The Morgan fingerprint density at radius 2 is 0.616 bits per heavy atom. The zero-order chi connectivity index (χ0) is 50.9. The first-order valence-electron chi connectivity index (χ1n) is 28.2. The van der Waals surface area contributed by atoms with E-state index >= 15 is 0 Å². The molecule has 0 bridgehead atoms. The third-order valence-electron chi connectivity index (χ3n) is 16.5. The number of benzene rings is 8. The standard InChI is InChI=1S/C72H81N/c1-9-13-55(14-10-2)45-47-72(48-46-56(15-11-3)16-12-4)69-49-62(57-29-31-61(32-30-57)71(59-25-17-51(5)18-26-59)60-27-19-52(6)20-28-60)35-43-67(69)68-44-36-63(50-70(68)72)58-33-41-66(42-34-58)73(64-37-21-53(7)22-38-64)65-39-23-54(8)24-40-65/h17-44,49-50,55-56,71H,9-16,45-48H2,1-8H3. The summed E-state index contributed by atoms with van der Waals surface area (Å²) in [6, 6.07) is 70.1. The largest absolute Gasteiger partial charge is 0.311 e. The Morgan fingerprint density at radius 1 is 0.329 bits per heavy atom. The van der Waals surface area contributed by atoms with Crippen molar-refractivity contribution in [1.82, 2.24) is 0 Å². The fourth-order valence-electron chi connectivity index (χ4n) is 12.5. The molecule has 1 aliphatic rings. The van der Waals surface area contributed by atoms with Gasteiger partial charge < -0.3 is 4.90 Å². The lowest BCUT2D eigenvalue weighted by atomic mass is 9.68. The van der Waals surface area contributed by atoms with Gasteiger partial charge in [0.2, 0.25) is 0 Å². The zero-order valence-corrected chi connectivity index (χ0v) is 45.5. The van der Waals surface area contributed by atoms with Crippen molar-refractivity contribution in [1.29, 1.82) is 0 Å². The minimum Gasteiger partial charge on any atom is -0.311 e. The van der Waals surface area contributed by atoms with Crippen molar-refractivity contribution in [2.45, 2.75) is 144 Å². The number of anilines is 3. The molecule has 1 nitrogen and oxygen atoms in total. The maximum atomic E-state index is 2.64. The lowest BCUT2D eigenvalue weighted by Crippen LogP contribution is -2.28. The molecular weight excluding hydrogens is 879 g/mol. The lowest BCUT2D eigenvalue weighted by Gasteiger charge is -2.36. The van der Waals surface area contributed by atoms with Gasteiger partial charge in [-0.1, -0.05) is 235 Å². The average Bonchev–Trinajstić information content (AvgIpc) is 3.69. The van der Waals surface area contributed by atoms with Crippen molar-refractivity contribution in [3.05, 3.63) is 232 Å². The topological polar surface area (TPSA) is 3.24 Å². The maximum Gasteiger partial charge on any atom is 0.0462 e. The van der Waals surface area contributed by atoms with Crippen LogP contribution in [0.1, 0.15) is 161 Å². The second-order valence-electron chi connectivity index (χ2n) is 22.0. The second-order valence-corrected chi connectivity index (χ2v) is 22.0. The highest BCUT2D eigenvalue weighted by Crippen LogP contribution is 2.57. The summed E-state index contributed by atoms with van der Waals surface area (Å²) < 4.78 is 0. The molecule has 8 aromatic carbocycles. The molecule has 0 saturated carbocycles. The van der Waals surface area contributed by atoms with Gasteiger partial charge in [-0.2, -0.15) is 0 Å². The van der Waals surface area contributed by atoms with Gasteiger partial charge in [-0.25, -0.2) is 0 Å². The van der Waals surface area contributed by atoms with Crippen molar-refractivity contribution >= 4 is 17.1 Å². The Kier molecular flexibility index (Phi) is 16.7. The third kappa shape index (κ3) is 11.5. The highest BCUT2D eigenvalue weighted by molar-refractivity contribution is 5.87. The number of nitrogens with zero attached hydrogens (tertiary/aromatic N) is 1. The van der Waals surface area contributed by atoms with E-state index in [1.807, 2.05) is 0 Å². The molecule has 0 amide bonds. The van der Waals surface area contributed by atoms with Crippen LogP contribution in [0.25, 0.3) is 33.4 Å². The second kappa shape index (κ2) is 23.6. The fourth-order valence-corrected chi connectivity index (χ4v) is 12.5. The van der Waals surface area contributed by atoms with E-state index in [1.165, 1.54) is 161 Å². The molecule has 8 aromatic rings. The van der Waals surface area contributed by atoms with Crippen molar-refractivity contribution in [3.8, 4) is 33.4 Å². The van der Waals surface area contributed by atoms with Gasteiger partial charge in [0.1, 0.15) is 0 Å². The van der Waals surface area contributed by atoms with Crippen LogP contribution in [0.3, 0.4) is 0 Å². The summed E-state index contributed by atoms with van der Waals surface area (Å²) in [6.07, 6.45) is 15.1. The fraction of sp³-hybridized carbons (Fsp3) is 0.333. The van der Waals surface area contributed by atoms with Gasteiger partial charge >= 0.3 is 0 Å². The van der Waals surface area contributed by atoms with Gasteiger partial charge in [0.25, 0.3) is 0 Å². The Bertz CT molecular complexity index is 2700. The number of hydrogen-bond donors (Lipinski definition) is 0. The molecule has 1 heteroatoms. The van der Waals surface area contributed by atoms with Crippen LogP contribution in [-0.4, -0.2) is 0 Å². The summed E-state index contributed by atoms with van der Waals surface area (Å²) in [5.41, 5.74) is 23.7. The van der Waals surface area contributed by atoms with Crippen molar-refractivity contribution in [3.63, 3.8) is 0 Å². The predicted octanol–water partition coefficient (Wildman–Crippen LogP) is 21.2. The Labute approximate surface area is 440 Å². The van der Waals surface area contributed by atoms with E-state index in [0.29, 0.717) is 0 Å². The van der Waals surface area contributed by atoms with E-state index in [9.17, 15) is 0 Å². The molecule has 0 saturated heterocycles. The normalized spacial score (nSPS) is 12.7. The zero-order valence-electron chi connectivity index (χ0n) is 45.5. The highest BCUT2D eigenvalue weighted by atomic mass is 15.1. The Hall–Kier alpha value is -6.44. The van der Waals surface area contributed by atoms with E-state index in [0.717, 1.165) is 17.5 Å². The number of hydrogen-bond acceptors (Lipinski definition) is 1. The molecule has 0 heterocycles. The summed E-state index contributed by atoms with van der Waals surface area (Å²) in [5.74, 6) is 1.65. The first-order chi connectivity index (χ1) is 35.6. The van der Waals surface area contributed by atoms with Gasteiger partial charge in [-0.15, -0.1) is 0 Å². The first kappa shape index (κ1) is 51.5. The quantitative estimate of drug-likeness (QED) is 0.0612.